The molecule has 1 aliphatic heterocycles. The Morgan fingerprint density at radius 3 is 2.95 bits per heavy atom. The topological polar surface area (TPSA) is 61.8 Å². The summed E-state index contributed by atoms with van der Waals surface area (Å²) in [7, 11) is 0. The standard InChI is InChI=1S/C15H28N2O3/c1-3-13-11-17(8-9-20-13)12-6-5-7-15(10-12,14(18)19)16-4-2/h12-13,16H,3-11H2,1-2H3,(H,18,19). The fourth-order valence-electron chi connectivity index (χ4n) is 3.65. The summed E-state index contributed by atoms with van der Waals surface area (Å²) in [5.74, 6) is -0.690. The van der Waals surface area contributed by atoms with Crippen molar-refractivity contribution in [3.8, 4) is 0 Å². The van der Waals surface area contributed by atoms with Crippen LogP contribution in [-0.2, 0) is 9.53 Å². The summed E-state index contributed by atoms with van der Waals surface area (Å²) < 4.78 is 5.72. The molecule has 3 atom stereocenters. The predicted molar refractivity (Wildman–Crippen MR) is 77.9 cm³/mol. The van der Waals surface area contributed by atoms with Crippen LogP contribution in [0.25, 0.3) is 0 Å². The second-order valence-corrected chi connectivity index (χ2v) is 6.06. The van der Waals surface area contributed by atoms with Gasteiger partial charge in [-0.3, -0.25) is 9.69 Å². The molecule has 1 aliphatic carbocycles. The molecule has 1 saturated heterocycles. The molecule has 20 heavy (non-hydrogen) atoms. The Balaban J connectivity index is 2.03. The molecule has 0 aromatic carbocycles. The largest absolute Gasteiger partial charge is 0.480 e. The minimum atomic E-state index is -0.725. The zero-order valence-electron chi connectivity index (χ0n) is 12.7. The average Bonchev–Trinajstić information content (AvgIpc) is 2.48. The number of rotatable bonds is 5. The lowest BCUT2D eigenvalue weighted by Crippen LogP contribution is -2.59. The normalized spacial score (nSPS) is 35.9. The van der Waals surface area contributed by atoms with E-state index in [4.69, 9.17) is 4.74 Å². The van der Waals surface area contributed by atoms with Gasteiger partial charge in [-0.2, -0.15) is 0 Å². The molecular formula is C15H28N2O3. The first-order chi connectivity index (χ1) is 9.61. The molecule has 2 rings (SSSR count). The van der Waals surface area contributed by atoms with Gasteiger partial charge >= 0.3 is 5.97 Å². The number of hydrogen-bond donors (Lipinski definition) is 2. The molecule has 0 radical (unpaired) electrons. The van der Waals surface area contributed by atoms with Crippen molar-refractivity contribution < 1.29 is 14.6 Å². The molecule has 1 saturated carbocycles. The number of nitrogens with one attached hydrogen (secondary N) is 1. The Morgan fingerprint density at radius 2 is 2.30 bits per heavy atom. The summed E-state index contributed by atoms with van der Waals surface area (Å²) in [4.78, 5) is 14.2. The van der Waals surface area contributed by atoms with Gasteiger partial charge in [0.05, 0.1) is 12.7 Å². The summed E-state index contributed by atoms with van der Waals surface area (Å²) in [6.07, 6.45) is 4.89. The lowest BCUT2D eigenvalue weighted by atomic mass is 9.78. The van der Waals surface area contributed by atoms with Crippen LogP contribution in [0.2, 0.25) is 0 Å². The second-order valence-electron chi connectivity index (χ2n) is 6.06. The molecule has 5 nitrogen and oxygen atoms in total. The van der Waals surface area contributed by atoms with Gasteiger partial charge in [0.25, 0.3) is 0 Å². The van der Waals surface area contributed by atoms with E-state index in [1.54, 1.807) is 0 Å². The Morgan fingerprint density at radius 1 is 1.50 bits per heavy atom. The van der Waals surface area contributed by atoms with Gasteiger partial charge in [0.2, 0.25) is 0 Å². The molecule has 0 bridgehead atoms. The van der Waals surface area contributed by atoms with E-state index >= 15 is 0 Å². The van der Waals surface area contributed by atoms with Gasteiger partial charge < -0.3 is 15.2 Å². The Kier molecular flexibility index (Phi) is 5.41. The maximum atomic E-state index is 11.7. The molecule has 1 heterocycles. The van der Waals surface area contributed by atoms with Crippen molar-refractivity contribution >= 4 is 5.97 Å². The highest BCUT2D eigenvalue weighted by Crippen LogP contribution is 2.32. The fourth-order valence-corrected chi connectivity index (χ4v) is 3.65. The van der Waals surface area contributed by atoms with E-state index in [0.29, 0.717) is 25.1 Å². The van der Waals surface area contributed by atoms with Gasteiger partial charge in [0.15, 0.2) is 0 Å². The molecular weight excluding hydrogens is 256 g/mol. The van der Waals surface area contributed by atoms with Gasteiger partial charge in [-0.05, 0) is 38.6 Å². The summed E-state index contributed by atoms with van der Waals surface area (Å²) >= 11 is 0. The molecule has 116 valence electrons. The summed E-state index contributed by atoms with van der Waals surface area (Å²) in [5, 5.41) is 12.9. The smallest absolute Gasteiger partial charge is 0.323 e. The van der Waals surface area contributed by atoms with Gasteiger partial charge in [-0.15, -0.1) is 0 Å². The van der Waals surface area contributed by atoms with Crippen LogP contribution in [0.4, 0.5) is 0 Å². The second kappa shape index (κ2) is 6.87. The first-order valence-electron chi connectivity index (χ1n) is 7.95. The highest BCUT2D eigenvalue weighted by Gasteiger charge is 2.44. The van der Waals surface area contributed by atoms with Crippen molar-refractivity contribution in [2.24, 2.45) is 0 Å². The Hall–Kier alpha value is -0.650. The quantitative estimate of drug-likeness (QED) is 0.800. The fraction of sp³-hybridized carbons (Fsp3) is 0.933. The first-order valence-corrected chi connectivity index (χ1v) is 7.95. The predicted octanol–water partition coefficient (Wildman–Crippen LogP) is 1.47. The third kappa shape index (κ3) is 3.32. The monoisotopic (exact) mass is 284 g/mol. The van der Waals surface area contributed by atoms with E-state index in [0.717, 1.165) is 45.4 Å². The highest BCUT2D eigenvalue weighted by molar-refractivity contribution is 5.79. The number of aliphatic carboxylic acids is 1. The van der Waals surface area contributed by atoms with Gasteiger partial charge in [0.1, 0.15) is 5.54 Å². The average molecular weight is 284 g/mol. The minimum Gasteiger partial charge on any atom is -0.480 e. The van der Waals surface area contributed by atoms with Crippen molar-refractivity contribution in [1.82, 2.24) is 10.2 Å². The molecule has 2 N–H and O–H groups in total. The third-order valence-electron chi connectivity index (χ3n) is 4.79. The van der Waals surface area contributed by atoms with E-state index in [1.807, 2.05) is 6.92 Å². The van der Waals surface area contributed by atoms with Crippen LogP contribution in [0.3, 0.4) is 0 Å². The summed E-state index contributed by atoms with van der Waals surface area (Å²) in [6, 6.07) is 0.372. The summed E-state index contributed by atoms with van der Waals surface area (Å²) in [5.41, 5.74) is -0.725. The van der Waals surface area contributed by atoms with Crippen molar-refractivity contribution in [3.63, 3.8) is 0 Å². The SMILES string of the molecule is CCNC1(C(=O)O)CCCC(N2CCOC(CC)C2)C1. The summed E-state index contributed by atoms with van der Waals surface area (Å²) in [6.45, 7) is 7.49. The molecule has 0 aromatic heterocycles. The first kappa shape index (κ1) is 15.7. The number of carboxylic acids is 1. The molecule has 2 fully saturated rings. The highest BCUT2D eigenvalue weighted by atomic mass is 16.5. The van der Waals surface area contributed by atoms with Crippen LogP contribution >= 0.6 is 0 Å². The van der Waals surface area contributed by atoms with Crippen molar-refractivity contribution in [2.75, 3.05) is 26.2 Å². The van der Waals surface area contributed by atoms with Gasteiger partial charge in [-0.1, -0.05) is 13.8 Å². The van der Waals surface area contributed by atoms with E-state index in [2.05, 4.69) is 17.1 Å². The minimum absolute atomic E-state index is 0.309. The van der Waals surface area contributed by atoms with E-state index in [9.17, 15) is 9.90 Å². The van der Waals surface area contributed by atoms with E-state index in [1.165, 1.54) is 0 Å². The Labute approximate surface area is 121 Å². The number of carbonyl (C=O) groups is 1. The zero-order chi connectivity index (χ0) is 14.6. The van der Waals surface area contributed by atoms with Crippen LogP contribution in [0, 0.1) is 0 Å². The van der Waals surface area contributed by atoms with Crippen molar-refractivity contribution in [1.29, 1.82) is 0 Å². The zero-order valence-corrected chi connectivity index (χ0v) is 12.7. The molecule has 0 amide bonds. The van der Waals surface area contributed by atoms with Crippen LogP contribution in [-0.4, -0.2) is 59.9 Å². The Bertz CT molecular complexity index is 333. The number of ether oxygens (including phenoxy) is 1. The molecule has 0 spiro atoms. The van der Waals surface area contributed by atoms with Crippen LogP contribution in [0.15, 0.2) is 0 Å². The van der Waals surface area contributed by atoms with Crippen LogP contribution in [0.5, 0.6) is 0 Å². The number of carboxylic acid groups (broad SMARTS) is 1. The van der Waals surface area contributed by atoms with Gasteiger partial charge in [0, 0.05) is 19.1 Å². The molecule has 3 unspecified atom stereocenters. The number of morpholine rings is 1. The molecule has 0 aromatic rings. The van der Waals surface area contributed by atoms with E-state index in [-0.39, 0.29) is 0 Å². The third-order valence-corrected chi connectivity index (χ3v) is 4.79. The molecule has 5 heteroatoms. The molecule has 2 aliphatic rings. The number of nitrogens with zero attached hydrogens (tertiary/aromatic N) is 1. The van der Waals surface area contributed by atoms with Crippen molar-refractivity contribution in [2.45, 2.75) is 63.6 Å². The van der Waals surface area contributed by atoms with Crippen molar-refractivity contribution in [3.05, 3.63) is 0 Å². The van der Waals surface area contributed by atoms with Crippen LogP contribution < -0.4 is 5.32 Å². The van der Waals surface area contributed by atoms with E-state index < -0.39 is 11.5 Å². The maximum absolute atomic E-state index is 11.7. The lowest BCUT2D eigenvalue weighted by Gasteiger charge is -2.45. The number of hydrogen-bond acceptors (Lipinski definition) is 4. The van der Waals surface area contributed by atoms with Gasteiger partial charge in [-0.25, -0.2) is 0 Å². The lowest BCUT2D eigenvalue weighted by molar-refractivity contribution is -0.148. The number of likely N-dealkylation sites (N-methyl/N-ethyl adjacent to an activating group) is 1. The van der Waals surface area contributed by atoms with Crippen LogP contribution in [0.1, 0.15) is 46.0 Å². The maximum Gasteiger partial charge on any atom is 0.323 e.